The lowest BCUT2D eigenvalue weighted by molar-refractivity contribution is -0.111. The van der Waals surface area contributed by atoms with Crippen LogP contribution >= 0.6 is 0 Å². The van der Waals surface area contributed by atoms with Crippen molar-refractivity contribution in [1.82, 2.24) is 4.98 Å². The first-order chi connectivity index (χ1) is 11.8. The summed E-state index contributed by atoms with van der Waals surface area (Å²) in [5.74, 6) is -0.213. The number of benzene rings is 1. The number of nitrogens with one attached hydrogen (secondary N) is 2. The van der Waals surface area contributed by atoms with Crippen LogP contribution in [0.4, 0.5) is 11.4 Å². The molecule has 0 atom stereocenters. The molecule has 24 heavy (non-hydrogen) atoms. The molecule has 1 fully saturated rings. The van der Waals surface area contributed by atoms with Gasteiger partial charge in [-0.05, 0) is 49.2 Å². The molecule has 1 heterocycles. The molecule has 4 nitrogen and oxygen atoms in total. The van der Waals surface area contributed by atoms with Gasteiger partial charge in [-0.2, -0.15) is 0 Å². The molecule has 4 heteroatoms. The predicted octanol–water partition coefficient (Wildman–Crippen LogP) is 4.62. The number of anilines is 2. The summed E-state index contributed by atoms with van der Waals surface area (Å²) in [5, 5.41) is 6.49. The SMILES string of the molecule is C=CC(=O)Nc1ccc(NC2CCCCC2)c(-c2ccccn2)c1. The van der Waals surface area contributed by atoms with Crippen molar-refractivity contribution in [2.75, 3.05) is 10.6 Å². The van der Waals surface area contributed by atoms with Gasteiger partial charge < -0.3 is 10.6 Å². The molecular weight excluding hydrogens is 298 g/mol. The van der Waals surface area contributed by atoms with Crippen LogP contribution in [0.1, 0.15) is 32.1 Å². The van der Waals surface area contributed by atoms with Crippen molar-refractivity contribution in [2.24, 2.45) is 0 Å². The number of nitrogens with zero attached hydrogens (tertiary/aromatic N) is 1. The first-order valence-corrected chi connectivity index (χ1v) is 8.51. The summed E-state index contributed by atoms with van der Waals surface area (Å²) in [4.78, 5) is 16.0. The number of rotatable bonds is 5. The van der Waals surface area contributed by atoms with Gasteiger partial charge >= 0.3 is 0 Å². The molecule has 3 rings (SSSR count). The van der Waals surface area contributed by atoms with E-state index in [2.05, 4.69) is 22.2 Å². The molecule has 0 unspecified atom stereocenters. The molecule has 1 amide bonds. The Balaban J connectivity index is 1.91. The fraction of sp³-hybridized carbons (Fsp3) is 0.300. The quantitative estimate of drug-likeness (QED) is 0.790. The van der Waals surface area contributed by atoms with Gasteiger partial charge in [-0.3, -0.25) is 9.78 Å². The molecular formula is C20H23N3O. The van der Waals surface area contributed by atoms with Crippen LogP contribution in [-0.2, 0) is 4.79 Å². The van der Waals surface area contributed by atoms with E-state index in [0.29, 0.717) is 6.04 Å². The van der Waals surface area contributed by atoms with E-state index in [-0.39, 0.29) is 5.91 Å². The average Bonchev–Trinajstić information content (AvgIpc) is 2.64. The molecule has 1 aliphatic carbocycles. The van der Waals surface area contributed by atoms with Gasteiger partial charge in [0.1, 0.15) is 0 Å². The number of hydrogen-bond donors (Lipinski definition) is 2. The number of amides is 1. The van der Waals surface area contributed by atoms with Crippen molar-refractivity contribution in [3.8, 4) is 11.3 Å². The number of aromatic nitrogens is 1. The number of carbonyl (C=O) groups excluding carboxylic acids is 1. The van der Waals surface area contributed by atoms with Crippen molar-refractivity contribution < 1.29 is 4.79 Å². The molecule has 1 aliphatic rings. The predicted molar refractivity (Wildman–Crippen MR) is 99.0 cm³/mol. The van der Waals surface area contributed by atoms with Crippen LogP contribution in [0.5, 0.6) is 0 Å². The summed E-state index contributed by atoms with van der Waals surface area (Å²) >= 11 is 0. The van der Waals surface area contributed by atoms with E-state index in [1.54, 1.807) is 6.20 Å². The maximum Gasteiger partial charge on any atom is 0.247 e. The largest absolute Gasteiger partial charge is 0.382 e. The highest BCUT2D eigenvalue weighted by atomic mass is 16.1. The monoisotopic (exact) mass is 321 g/mol. The van der Waals surface area contributed by atoms with E-state index < -0.39 is 0 Å². The molecule has 0 radical (unpaired) electrons. The van der Waals surface area contributed by atoms with E-state index in [1.807, 2.05) is 36.4 Å². The van der Waals surface area contributed by atoms with Gasteiger partial charge in [0.15, 0.2) is 0 Å². The fourth-order valence-electron chi connectivity index (χ4n) is 3.14. The molecule has 1 aromatic heterocycles. The second kappa shape index (κ2) is 7.77. The van der Waals surface area contributed by atoms with Crippen molar-refractivity contribution in [2.45, 2.75) is 38.1 Å². The van der Waals surface area contributed by atoms with Crippen LogP contribution in [0.3, 0.4) is 0 Å². The van der Waals surface area contributed by atoms with E-state index >= 15 is 0 Å². The lowest BCUT2D eigenvalue weighted by atomic mass is 9.95. The molecule has 1 saturated carbocycles. The summed E-state index contributed by atoms with van der Waals surface area (Å²) in [7, 11) is 0. The van der Waals surface area contributed by atoms with E-state index in [1.165, 1.54) is 38.2 Å². The summed E-state index contributed by atoms with van der Waals surface area (Å²) in [6.07, 6.45) is 9.36. The van der Waals surface area contributed by atoms with Crippen LogP contribution in [0, 0.1) is 0 Å². The van der Waals surface area contributed by atoms with Gasteiger partial charge in [0, 0.05) is 29.2 Å². The summed E-state index contributed by atoms with van der Waals surface area (Å²) < 4.78 is 0. The number of carbonyl (C=O) groups is 1. The van der Waals surface area contributed by atoms with E-state index in [4.69, 9.17) is 0 Å². The highest BCUT2D eigenvalue weighted by molar-refractivity contribution is 5.99. The van der Waals surface area contributed by atoms with Gasteiger partial charge in [0.05, 0.1) is 5.69 Å². The smallest absolute Gasteiger partial charge is 0.247 e. The highest BCUT2D eigenvalue weighted by Gasteiger charge is 2.16. The number of pyridine rings is 1. The second-order valence-electron chi connectivity index (χ2n) is 6.15. The third-order valence-electron chi connectivity index (χ3n) is 4.38. The maximum absolute atomic E-state index is 11.6. The Labute approximate surface area is 143 Å². The third kappa shape index (κ3) is 4.02. The second-order valence-corrected chi connectivity index (χ2v) is 6.15. The van der Waals surface area contributed by atoms with Crippen molar-refractivity contribution >= 4 is 17.3 Å². The molecule has 0 aliphatic heterocycles. The minimum absolute atomic E-state index is 0.213. The maximum atomic E-state index is 11.6. The van der Waals surface area contributed by atoms with Crippen LogP contribution in [0.2, 0.25) is 0 Å². The zero-order chi connectivity index (χ0) is 16.8. The zero-order valence-electron chi connectivity index (χ0n) is 13.8. The van der Waals surface area contributed by atoms with Crippen LogP contribution in [0.25, 0.3) is 11.3 Å². The first-order valence-electron chi connectivity index (χ1n) is 8.51. The topological polar surface area (TPSA) is 54.0 Å². The Bertz CT molecular complexity index is 706. The summed E-state index contributed by atoms with van der Waals surface area (Å²) in [5.41, 5.74) is 3.71. The third-order valence-corrected chi connectivity index (χ3v) is 4.38. The summed E-state index contributed by atoms with van der Waals surface area (Å²) in [6, 6.07) is 12.3. The minimum Gasteiger partial charge on any atom is -0.382 e. The van der Waals surface area contributed by atoms with Gasteiger partial charge in [-0.15, -0.1) is 0 Å². The Morgan fingerprint density at radius 2 is 2.00 bits per heavy atom. The zero-order valence-corrected chi connectivity index (χ0v) is 13.8. The molecule has 0 saturated heterocycles. The normalized spacial score (nSPS) is 14.8. The Morgan fingerprint density at radius 1 is 1.17 bits per heavy atom. The van der Waals surface area contributed by atoms with Crippen molar-refractivity contribution in [3.05, 3.63) is 55.3 Å². The van der Waals surface area contributed by atoms with Gasteiger partial charge in [-0.1, -0.05) is 31.9 Å². The minimum atomic E-state index is -0.213. The van der Waals surface area contributed by atoms with E-state index in [9.17, 15) is 4.79 Å². The number of hydrogen-bond acceptors (Lipinski definition) is 3. The Morgan fingerprint density at radius 3 is 2.71 bits per heavy atom. The lowest BCUT2D eigenvalue weighted by Gasteiger charge is -2.25. The first kappa shape index (κ1) is 16.2. The van der Waals surface area contributed by atoms with Crippen LogP contribution < -0.4 is 10.6 Å². The molecule has 0 spiro atoms. The van der Waals surface area contributed by atoms with Crippen molar-refractivity contribution in [3.63, 3.8) is 0 Å². The molecule has 1 aromatic carbocycles. The molecule has 0 bridgehead atoms. The summed E-state index contributed by atoms with van der Waals surface area (Å²) in [6.45, 7) is 3.50. The van der Waals surface area contributed by atoms with Crippen molar-refractivity contribution in [1.29, 1.82) is 0 Å². The molecule has 2 aromatic rings. The lowest BCUT2D eigenvalue weighted by Crippen LogP contribution is -2.22. The van der Waals surface area contributed by atoms with Crippen LogP contribution in [0.15, 0.2) is 55.3 Å². The molecule has 124 valence electrons. The van der Waals surface area contributed by atoms with Crippen LogP contribution in [-0.4, -0.2) is 16.9 Å². The standard InChI is InChI=1S/C20H23N3O/c1-2-20(24)23-16-11-12-19(22-15-8-4-3-5-9-15)17(14-16)18-10-6-7-13-21-18/h2,6-7,10-15,22H,1,3-5,8-9H2,(H,23,24). The van der Waals surface area contributed by atoms with Gasteiger partial charge in [0.2, 0.25) is 5.91 Å². The van der Waals surface area contributed by atoms with E-state index in [0.717, 1.165) is 22.6 Å². The Hall–Kier alpha value is -2.62. The average molecular weight is 321 g/mol. The molecule has 2 N–H and O–H groups in total. The Kier molecular flexibility index (Phi) is 5.26. The fourth-order valence-corrected chi connectivity index (χ4v) is 3.14. The van der Waals surface area contributed by atoms with Gasteiger partial charge in [0.25, 0.3) is 0 Å². The van der Waals surface area contributed by atoms with Gasteiger partial charge in [-0.25, -0.2) is 0 Å². The highest BCUT2D eigenvalue weighted by Crippen LogP contribution is 2.32.